The van der Waals surface area contributed by atoms with Crippen LogP contribution in [0.3, 0.4) is 0 Å². The average Bonchev–Trinajstić information content (AvgIpc) is 3.07. The Morgan fingerprint density at radius 2 is 1.62 bits per heavy atom. The molecule has 29 heavy (non-hydrogen) atoms. The minimum Gasteiger partial charge on any atom is -0.449 e. The van der Waals surface area contributed by atoms with Crippen LogP contribution in [0, 0.1) is 12.7 Å². The first-order valence-electron chi connectivity index (χ1n) is 8.98. The van der Waals surface area contributed by atoms with Crippen LogP contribution >= 0.6 is 0 Å². The monoisotopic (exact) mass is 388 g/mol. The molecule has 0 bridgehead atoms. The zero-order valence-corrected chi connectivity index (χ0v) is 15.5. The number of carbonyl (C=O) groups excluding carboxylic acids is 2. The van der Waals surface area contributed by atoms with Gasteiger partial charge in [-0.1, -0.05) is 35.9 Å². The molecule has 2 N–H and O–H groups in total. The molecule has 1 heterocycles. The number of furan rings is 1. The highest BCUT2D eigenvalue weighted by atomic mass is 19.1. The largest absolute Gasteiger partial charge is 0.449 e. The summed E-state index contributed by atoms with van der Waals surface area (Å²) < 4.78 is 19.1. The summed E-state index contributed by atoms with van der Waals surface area (Å²) in [7, 11) is 0. The molecule has 144 valence electrons. The van der Waals surface area contributed by atoms with E-state index in [2.05, 4.69) is 10.6 Å². The Bertz CT molecular complexity index is 1210. The maximum atomic E-state index is 13.4. The van der Waals surface area contributed by atoms with Crippen LogP contribution in [0.5, 0.6) is 0 Å². The summed E-state index contributed by atoms with van der Waals surface area (Å²) in [5, 5.41) is 5.97. The van der Waals surface area contributed by atoms with Crippen LogP contribution in [0.15, 0.2) is 77.2 Å². The Morgan fingerprint density at radius 1 is 0.862 bits per heavy atom. The number of amides is 2. The van der Waals surface area contributed by atoms with Gasteiger partial charge in [0.1, 0.15) is 17.1 Å². The highest BCUT2D eigenvalue weighted by molar-refractivity contribution is 6.16. The van der Waals surface area contributed by atoms with E-state index < -0.39 is 11.7 Å². The van der Waals surface area contributed by atoms with Crippen molar-refractivity contribution >= 4 is 34.2 Å². The molecule has 1 aromatic heterocycles. The first-order chi connectivity index (χ1) is 14.0. The number of hydrogen-bond acceptors (Lipinski definition) is 3. The number of halogens is 1. The molecule has 0 aliphatic rings. The van der Waals surface area contributed by atoms with Crippen molar-refractivity contribution in [3.63, 3.8) is 0 Å². The zero-order valence-electron chi connectivity index (χ0n) is 15.5. The van der Waals surface area contributed by atoms with Gasteiger partial charge >= 0.3 is 0 Å². The van der Waals surface area contributed by atoms with Gasteiger partial charge in [0.15, 0.2) is 0 Å². The lowest BCUT2D eigenvalue weighted by Crippen LogP contribution is -2.17. The number of carbonyl (C=O) groups is 2. The molecule has 0 atom stereocenters. The molecular weight excluding hydrogens is 371 g/mol. The summed E-state index contributed by atoms with van der Waals surface area (Å²) in [5.41, 5.74) is 2.49. The van der Waals surface area contributed by atoms with Crippen molar-refractivity contribution in [3.05, 3.63) is 95.5 Å². The van der Waals surface area contributed by atoms with Crippen molar-refractivity contribution in [1.29, 1.82) is 0 Å². The zero-order chi connectivity index (χ0) is 20.4. The number of para-hydroxylation sites is 1. The van der Waals surface area contributed by atoms with Crippen LogP contribution in [-0.4, -0.2) is 11.8 Å². The van der Waals surface area contributed by atoms with Gasteiger partial charge in [-0.05, 0) is 49.4 Å². The van der Waals surface area contributed by atoms with Gasteiger partial charge in [0.05, 0.1) is 0 Å². The van der Waals surface area contributed by atoms with E-state index in [9.17, 15) is 14.0 Å². The fraction of sp³-hybridized carbons (Fsp3) is 0.0435. The van der Waals surface area contributed by atoms with Gasteiger partial charge in [0, 0.05) is 16.6 Å². The molecule has 0 fully saturated rings. The van der Waals surface area contributed by atoms with E-state index in [-0.39, 0.29) is 23.0 Å². The van der Waals surface area contributed by atoms with Crippen LogP contribution in [0.2, 0.25) is 0 Å². The minimum atomic E-state index is -0.592. The first-order valence-corrected chi connectivity index (χ1v) is 8.98. The van der Waals surface area contributed by atoms with E-state index in [1.165, 1.54) is 18.2 Å². The molecule has 0 spiro atoms. The first kappa shape index (κ1) is 18.4. The lowest BCUT2D eigenvalue weighted by Gasteiger charge is -2.08. The molecule has 0 aliphatic heterocycles. The molecule has 3 aromatic carbocycles. The number of nitrogens with one attached hydrogen (secondary N) is 2. The van der Waals surface area contributed by atoms with E-state index in [1.807, 2.05) is 19.1 Å². The summed E-state index contributed by atoms with van der Waals surface area (Å²) in [5.74, 6) is -1.49. The summed E-state index contributed by atoms with van der Waals surface area (Å²) in [6.07, 6.45) is 0. The third-order valence-corrected chi connectivity index (χ3v) is 4.44. The highest BCUT2D eigenvalue weighted by Crippen LogP contribution is 2.32. The van der Waals surface area contributed by atoms with E-state index in [4.69, 9.17) is 4.42 Å². The summed E-state index contributed by atoms with van der Waals surface area (Å²) >= 11 is 0. The van der Waals surface area contributed by atoms with Gasteiger partial charge < -0.3 is 15.1 Å². The lowest BCUT2D eigenvalue weighted by molar-refractivity contribution is 0.0999. The second-order valence-corrected chi connectivity index (χ2v) is 6.59. The molecular formula is C23H17FN2O3. The molecule has 4 aromatic rings. The van der Waals surface area contributed by atoms with E-state index in [1.54, 1.807) is 42.5 Å². The molecule has 0 saturated heterocycles. The maximum Gasteiger partial charge on any atom is 0.293 e. The topological polar surface area (TPSA) is 71.3 Å². The Hall–Kier alpha value is -3.93. The van der Waals surface area contributed by atoms with Crippen molar-refractivity contribution < 1.29 is 18.4 Å². The summed E-state index contributed by atoms with van der Waals surface area (Å²) in [6, 6.07) is 19.6. The van der Waals surface area contributed by atoms with E-state index in [0.29, 0.717) is 16.5 Å². The molecule has 0 aliphatic carbocycles. The maximum absolute atomic E-state index is 13.4. The number of fused-ring (bicyclic) bond motifs is 1. The molecule has 5 nitrogen and oxygen atoms in total. The summed E-state index contributed by atoms with van der Waals surface area (Å²) in [6.45, 7) is 1.93. The normalized spacial score (nSPS) is 10.7. The number of benzene rings is 3. The van der Waals surface area contributed by atoms with Gasteiger partial charge in [-0.25, -0.2) is 4.39 Å². The van der Waals surface area contributed by atoms with Crippen molar-refractivity contribution in [2.45, 2.75) is 6.92 Å². The second-order valence-electron chi connectivity index (χ2n) is 6.59. The number of aryl methyl sites for hydroxylation is 1. The standard InChI is InChI=1S/C23H17FN2O3/c1-14-9-11-15(12-10-14)22(27)26-20-18-7-2-3-8-19(18)29-21(20)23(28)25-17-6-4-5-16(24)13-17/h2-13H,1H3,(H,25,28)(H,26,27). The lowest BCUT2D eigenvalue weighted by atomic mass is 10.1. The van der Waals surface area contributed by atoms with Crippen molar-refractivity contribution in [2.75, 3.05) is 10.6 Å². The highest BCUT2D eigenvalue weighted by Gasteiger charge is 2.23. The predicted molar refractivity (Wildman–Crippen MR) is 110 cm³/mol. The van der Waals surface area contributed by atoms with Crippen LogP contribution in [-0.2, 0) is 0 Å². The average molecular weight is 388 g/mol. The van der Waals surface area contributed by atoms with E-state index >= 15 is 0 Å². The molecule has 2 amide bonds. The van der Waals surface area contributed by atoms with Gasteiger partial charge in [0.25, 0.3) is 11.8 Å². The third kappa shape index (κ3) is 3.87. The molecule has 4 rings (SSSR count). The van der Waals surface area contributed by atoms with Gasteiger partial charge in [0.2, 0.25) is 5.76 Å². The smallest absolute Gasteiger partial charge is 0.293 e. The molecule has 0 radical (unpaired) electrons. The van der Waals surface area contributed by atoms with Crippen LogP contribution < -0.4 is 10.6 Å². The van der Waals surface area contributed by atoms with Crippen LogP contribution in [0.4, 0.5) is 15.8 Å². The quantitative estimate of drug-likeness (QED) is 0.493. The van der Waals surface area contributed by atoms with Crippen molar-refractivity contribution in [2.24, 2.45) is 0 Å². The van der Waals surface area contributed by atoms with Crippen LogP contribution in [0.25, 0.3) is 11.0 Å². The minimum absolute atomic E-state index is 0.0593. The SMILES string of the molecule is Cc1ccc(C(=O)Nc2c(C(=O)Nc3cccc(F)c3)oc3ccccc23)cc1. The Labute approximate surface area is 166 Å². The number of hydrogen-bond donors (Lipinski definition) is 2. The number of rotatable bonds is 4. The Kier molecular flexibility index (Phi) is 4.83. The van der Waals surface area contributed by atoms with Crippen molar-refractivity contribution in [3.8, 4) is 0 Å². The molecule has 6 heteroatoms. The third-order valence-electron chi connectivity index (χ3n) is 4.44. The molecule has 0 unspecified atom stereocenters. The fourth-order valence-corrected chi connectivity index (χ4v) is 2.97. The van der Waals surface area contributed by atoms with Gasteiger partial charge in [-0.3, -0.25) is 9.59 Å². The van der Waals surface area contributed by atoms with Gasteiger partial charge in [-0.15, -0.1) is 0 Å². The fourth-order valence-electron chi connectivity index (χ4n) is 2.97. The van der Waals surface area contributed by atoms with Gasteiger partial charge in [-0.2, -0.15) is 0 Å². The second kappa shape index (κ2) is 7.59. The van der Waals surface area contributed by atoms with Crippen molar-refractivity contribution in [1.82, 2.24) is 0 Å². The molecule has 0 saturated carbocycles. The Morgan fingerprint density at radius 3 is 2.38 bits per heavy atom. The predicted octanol–water partition coefficient (Wildman–Crippen LogP) is 5.38. The van der Waals surface area contributed by atoms with Crippen LogP contribution in [0.1, 0.15) is 26.5 Å². The Balaban J connectivity index is 1.69. The number of anilines is 2. The van der Waals surface area contributed by atoms with E-state index in [0.717, 1.165) is 5.56 Å². The summed E-state index contributed by atoms with van der Waals surface area (Å²) in [4.78, 5) is 25.5.